The Labute approximate surface area is 167 Å². The average Bonchev–Trinajstić information content (AvgIpc) is 2.72. The van der Waals surface area contributed by atoms with Crippen molar-refractivity contribution >= 4 is 17.3 Å². The van der Waals surface area contributed by atoms with Crippen molar-refractivity contribution in [3.05, 3.63) is 76.7 Å². The van der Waals surface area contributed by atoms with Gasteiger partial charge in [-0.05, 0) is 60.8 Å². The number of alkyl halides is 1. The van der Waals surface area contributed by atoms with Crippen LogP contribution in [0.4, 0.5) is 10.1 Å². The van der Waals surface area contributed by atoms with E-state index in [9.17, 15) is 9.50 Å². The Morgan fingerprint density at radius 2 is 1.96 bits per heavy atom. The summed E-state index contributed by atoms with van der Waals surface area (Å²) in [4.78, 5) is 2.10. The lowest BCUT2D eigenvalue weighted by Gasteiger charge is -2.33. The second kappa shape index (κ2) is 9.07. The molecule has 1 aliphatic rings. The molecule has 28 heavy (non-hydrogen) atoms. The summed E-state index contributed by atoms with van der Waals surface area (Å²) in [5, 5.41) is 13.0. The molecular formula is C24H29FN2O. The van der Waals surface area contributed by atoms with Crippen LogP contribution in [-0.4, -0.2) is 30.1 Å². The van der Waals surface area contributed by atoms with Gasteiger partial charge in [-0.25, -0.2) is 4.39 Å². The van der Waals surface area contributed by atoms with E-state index in [1.165, 1.54) is 17.4 Å². The lowest BCUT2D eigenvalue weighted by Crippen LogP contribution is -2.37. The first-order chi connectivity index (χ1) is 13.5. The summed E-state index contributed by atoms with van der Waals surface area (Å²) in [6.45, 7) is 1.73. The Balaban J connectivity index is 1.92. The first-order valence-electron chi connectivity index (χ1n) is 9.82. The van der Waals surface area contributed by atoms with Crippen LogP contribution in [0, 0.1) is 0 Å². The highest BCUT2D eigenvalue weighted by Gasteiger charge is 2.24. The number of aliphatic hydroxyl groups excluding tert-OH is 1. The molecule has 0 bridgehead atoms. The summed E-state index contributed by atoms with van der Waals surface area (Å²) in [6.07, 6.45) is 6.24. The molecule has 4 heteroatoms. The number of hydrogen-bond acceptors (Lipinski definition) is 3. The topological polar surface area (TPSA) is 35.5 Å². The van der Waals surface area contributed by atoms with Gasteiger partial charge in [0.15, 0.2) is 0 Å². The quantitative estimate of drug-likeness (QED) is 0.491. The van der Waals surface area contributed by atoms with Gasteiger partial charge in [-0.1, -0.05) is 55.8 Å². The normalized spacial score (nSPS) is 18.2. The first kappa shape index (κ1) is 20.2. The summed E-state index contributed by atoms with van der Waals surface area (Å²) in [6, 6.07) is 14.3. The van der Waals surface area contributed by atoms with E-state index < -0.39 is 6.67 Å². The standard InChI is InChI=1S/C24H29FN2O/c1-4-5-20(19-9-6-17(15-25)7-10-19)12-18-8-11-21-14-24(27(2)3)23(16-28)26-22(21)13-18/h6-13,16,24,26,28H,4-5,14-15H2,1-3H3/b20-12+,23-16?. The second-order valence-corrected chi connectivity index (χ2v) is 7.56. The molecule has 1 aliphatic heterocycles. The van der Waals surface area contributed by atoms with E-state index in [2.05, 4.69) is 41.4 Å². The molecule has 0 amide bonds. The van der Waals surface area contributed by atoms with Crippen LogP contribution >= 0.6 is 0 Å². The first-order valence-corrected chi connectivity index (χ1v) is 9.82. The third kappa shape index (κ3) is 4.45. The van der Waals surface area contributed by atoms with Gasteiger partial charge in [-0.3, -0.25) is 0 Å². The van der Waals surface area contributed by atoms with Crippen LogP contribution in [0.3, 0.4) is 0 Å². The van der Waals surface area contributed by atoms with Crippen molar-refractivity contribution in [1.29, 1.82) is 0 Å². The molecule has 1 atom stereocenters. The van der Waals surface area contributed by atoms with E-state index in [-0.39, 0.29) is 6.04 Å². The molecule has 0 aromatic heterocycles. The number of nitrogens with zero attached hydrogens (tertiary/aromatic N) is 1. The Hall–Kier alpha value is -2.59. The minimum absolute atomic E-state index is 0.142. The minimum atomic E-state index is -0.432. The van der Waals surface area contributed by atoms with E-state index in [0.717, 1.165) is 41.8 Å². The summed E-state index contributed by atoms with van der Waals surface area (Å²) in [7, 11) is 4.03. The van der Waals surface area contributed by atoms with Crippen molar-refractivity contribution in [2.75, 3.05) is 19.4 Å². The molecule has 0 saturated heterocycles. The molecule has 2 N–H and O–H groups in total. The van der Waals surface area contributed by atoms with Gasteiger partial charge in [0, 0.05) is 5.69 Å². The van der Waals surface area contributed by atoms with Crippen LogP contribution in [0.25, 0.3) is 11.6 Å². The summed E-state index contributed by atoms with van der Waals surface area (Å²) >= 11 is 0. The predicted octanol–water partition coefficient (Wildman–Crippen LogP) is 5.79. The molecule has 0 aliphatic carbocycles. The van der Waals surface area contributed by atoms with E-state index in [1.807, 2.05) is 38.4 Å². The number of aliphatic hydroxyl groups is 1. The van der Waals surface area contributed by atoms with Crippen LogP contribution in [-0.2, 0) is 13.1 Å². The fourth-order valence-corrected chi connectivity index (χ4v) is 3.69. The Morgan fingerprint density at radius 1 is 1.21 bits per heavy atom. The highest BCUT2D eigenvalue weighted by atomic mass is 19.1. The Morgan fingerprint density at radius 3 is 2.57 bits per heavy atom. The number of nitrogens with one attached hydrogen (secondary N) is 1. The van der Waals surface area contributed by atoms with Crippen LogP contribution in [0.5, 0.6) is 0 Å². The van der Waals surface area contributed by atoms with Crippen LogP contribution in [0.1, 0.15) is 42.0 Å². The van der Waals surface area contributed by atoms with Crippen LogP contribution in [0.2, 0.25) is 0 Å². The van der Waals surface area contributed by atoms with Gasteiger partial charge >= 0.3 is 0 Å². The van der Waals surface area contributed by atoms with E-state index in [4.69, 9.17) is 0 Å². The largest absolute Gasteiger partial charge is 0.514 e. The van der Waals surface area contributed by atoms with Gasteiger partial charge in [0.25, 0.3) is 0 Å². The molecular weight excluding hydrogens is 351 g/mol. The third-order valence-corrected chi connectivity index (χ3v) is 5.29. The molecule has 0 saturated carbocycles. The van der Waals surface area contributed by atoms with Gasteiger partial charge < -0.3 is 15.3 Å². The van der Waals surface area contributed by atoms with Crippen molar-refractivity contribution in [1.82, 2.24) is 4.90 Å². The van der Waals surface area contributed by atoms with Crippen molar-refractivity contribution in [2.24, 2.45) is 0 Å². The molecule has 1 unspecified atom stereocenters. The molecule has 3 nitrogen and oxygen atoms in total. The maximum atomic E-state index is 12.8. The molecule has 2 aromatic carbocycles. The second-order valence-electron chi connectivity index (χ2n) is 7.56. The predicted molar refractivity (Wildman–Crippen MR) is 116 cm³/mol. The van der Waals surface area contributed by atoms with Crippen LogP contribution in [0.15, 0.2) is 54.4 Å². The van der Waals surface area contributed by atoms with Crippen molar-refractivity contribution in [2.45, 2.75) is 38.9 Å². The number of benzene rings is 2. The van der Waals surface area contributed by atoms with Crippen LogP contribution < -0.4 is 5.32 Å². The lowest BCUT2D eigenvalue weighted by atomic mass is 9.93. The number of anilines is 1. The number of halogens is 1. The number of rotatable bonds is 6. The molecule has 0 fully saturated rings. The number of allylic oxidation sites excluding steroid dienone is 1. The zero-order valence-electron chi connectivity index (χ0n) is 16.9. The highest BCUT2D eigenvalue weighted by Crippen LogP contribution is 2.31. The van der Waals surface area contributed by atoms with Gasteiger partial charge in [-0.2, -0.15) is 0 Å². The van der Waals surface area contributed by atoms with Crippen molar-refractivity contribution in [3.8, 4) is 0 Å². The molecule has 1 heterocycles. The van der Waals surface area contributed by atoms with E-state index in [0.29, 0.717) is 5.56 Å². The average molecular weight is 381 g/mol. The zero-order valence-corrected chi connectivity index (χ0v) is 16.9. The lowest BCUT2D eigenvalue weighted by molar-refractivity contribution is 0.317. The van der Waals surface area contributed by atoms with Gasteiger partial charge in [0.1, 0.15) is 12.9 Å². The van der Waals surface area contributed by atoms with E-state index >= 15 is 0 Å². The number of hydrogen-bond donors (Lipinski definition) is 2. The highest BCUT2D eigenvalue weighted by molar-refractivity contribution is 5.82. The maximum absolute atomic E-state index is 12.8. The molecule has 0 spiro atoms. The molecule has 2 aromatic rings. The van der Waals surface area contributed by atoms with Gasteiger partial charge in [0.05, 0.1) is 11.7 Å². The molecule has 0 radical (unpaired) electrons. The smallest absolute Gasteiger partial charge is 0.115 e. The molecule has 148 valence electrons. The fourth-order valence-electron chi connectivity index (χ4n) is 3.69. The summed E-state index contributed by atoms with van der Waals surface area (Å²) in [5.41, 5.74) is 7.29. The third-order valence-electron chi connectivity index (χ3n) is 5.29. The zero-order chi connectivity index (χ0) is 20.1. The Bertz CT molecular complexity index is 869. The monoisotopic (exact) mass is 380 g/mol. The maximum Gasteiger partial charge on any atom is 0.115 e. The molecule has 3 rings (SSSR count). The summed E-state index contributed by atoms with van der Waals surface area (Å²) in [5.74, 6) is 0. The van der Waals surface area contributed by atoms with Gasteiger partial charge in [0.2, 0.25) is 0 Å². The number of likely N-dealkylation sites (N-methyl/N-ethyl adjacent to an activating group) is 1. The number of fused-ring (bicyclic) bond motifs is 1. The minimum Gasteiger partial charge on any atom is -0.514 e. The van der Waals surface area contributed by atoms with Crippen molar-refractivity contribution < 1.29 is 9.50 Å². The van der Waals surface area contributed by atoms with Gasteiger partial charge in [-0.15, -0.1) is 0 Å². The Kier molecular flexibility index (Phi) is 6.53. The summed E-state index contributed by atoms with van der Waals surface area (Å²) < 4.78 is 12.8. The van der Waals surface area contributed by atoms with Crippen molar-refractivity contribution in [3.63, 3.8) is 0 Å². The SMILES string of the molecule is CCC/C(=C\c1ccc2c(c1)NC(=CO)C(N(C)C)C2)c1ccc(CF)cc1. The fraction of sp³-hybridized carbons (Fsp3) is 0.333. The van der Waals surface area contributed by atoms with E-state index in [1.54, 1.807) is 0 Å².